The topological polar surface area (TPSA) is 384 Å². The normalized spacial score (nSPS) is 18.7. The summed E-state index contributed by atoms with van der Waals surface area (Å²) in [5.41, 5.74) is 4.27. The smallest absolute Gasteiger partial charge is 0.393 e. The number of amides is 2. The molecule has 86 heavy (non-hydrogen) atoms. The number of phosphoric acid groups is 3. The van der Waals surface area contributed by atoms with Crippen molar-refractivity contribution >= 4 is 69.1 Å². The van der Waals surface area contributed by atoms with Gasteiger partial charge in [-0.15, -0.1) is 0 Å². The zero-order chi connectivity index (χ0) is 63.3. The second kappa shape index (κ2) is 43.3. The van der Waals surface area contributed by atoms with Gasteiger partial charge < -0.3 is 56.0 Å². The van der Waals surface area contributed by atoms with Gasteiger partial charge in [0, 0.05) is 37.1 Å². The van der Waals surface area contributed by atoms with E-state index in [9.17, 15) is 63.0 Å². The number of aliphatic hydroxyl groups is 3. The lowest BCUT2D eigenvalue weighted by molar-refractivity contribution is -0.137. The van der Waals surface area contributed by atoms with E-state index in [0.29, 0.717) is 6.42 Å². The lowest BCUT2D eigenvalue weighted by Crippen LogP contribution is -2.46. The van der Waals surface area contributed by atoms with E-state index < -0.39 is 90.7 Å². The predicted molar refractivity (Wildman–Crippen MR) is 331 cm³/mol. The fraction of sp³-hybridized carbons (Fsp3) is 0.860. The highest BCUT2D eigenvalue weighted by atomic mass is 32.2. The first kappa shape index (κ1) is 77.8. The number of imidazole rings is 1. The largest absolute Gasteiger partial charge is 0.481 e. The van der Waals surface area contributed by atoms with Gasteiger partial charge in [-0.3, -0.25) is 32.5 Å². The van der Waals surface area contributed by atoms with Crippen molar-refractivity contribution in [1.29, 1.82) is 0 Å². The summed E-state index contributed by atoms with van der Waals surface area (Å²) in [6.07, 6.45) is 34.7. The van der Waals surface area contributed by atoms with E-state index in [1.54, 1.807) is 0 Å². The summed E-state index contributed by atoms with van der Waals surface area (Å²) in [7, 11) is -16.5. The number of rotatable bonds is 53. The minimum absolute atomic E-state index is 0.0279. The SMILES string of the molecule is CCCCCCCCCCCCCCCCCCCCCCCCCCCCCCCCC[C@@H](O)CC(=O)SCCNC(=O)CCNC(=O)[C@H](O)C(C)(C)COP(=O)(O)OP(=O)(O)OC[C@H]1O[C@@H](n2cnc3c(N)ncnc32)[C@H](O)[C@@H]1OP(=O)(O)O. The second-order valence-electron chi connectivity index (χ2n) is 23.5. The number of unbranched alkanes of at least 4 members (excludes halogenated alkanes) is 30. The number of nitrogens with one attached hydrogen (secondary N) is 2. The molecule has 1 aliphatic rings. The number of anilines is 1. The highest BCUT2D eigenvalue weighted by Gasteiger charge is 2.50. The zero-order valence-electron chi connectivity index (χ0n) is 51.4. The number of thioether (sulfide) groups is 1. The number of fused-ring (bicyclic) bond motifs is 1. The van der Waals surface area contributed by atoms with Crippen LogP contribution >= 0.6 is 35.2 Å². The molecule has 2 unspecified atom stereocenters. The third kappa shape index (κ3) is 34.1. The zero-order valence-corrected chi connectivity index (χ0v) is 54.9. The van der Waals surface area contributed by atoms with Gasteiger partial charge in [0.05, 0.1) is 25.6 Å². The van der Waals surface area contributed by atoms with Crippen LogP contribution in [0.3, 0.4) is 0 Å². The Kier molecular flexibility index (Phi) is 39.2. The molecule has 3 rings (SSSR count). The van der Waals surface area contributed by atoms with Crippen LogP contribution in [-0.2, 0) is 50.7 Å². The Bertz CT molecular complexity index is 2360. The van der Waals surface area contributed by atoms with Gasteiger partial charge in [-0.2, -0.15) is 4.31 Å². The number of nitrogens with zero attached hydrogens (tertiary/aromatic N) is 4. The van der Waals surface area contributed by atoms with E-state index in [1.807, 2.05) is 0 Å². The lowest BCUT2D eigenvalue weighted by atomic mass is 9.87. The molecule has 1 fully saturated rings. The number of phosphoric ester groups is 3. The second-order valence-corrected chi connectivity index (χ2v) is 28.9. The summed E-state index contributed by atoms with van der Waals surface area (Å²) in [6, 6.07) is 0. The van der Waals surface area contributed by atoms with Crippen LogP contribution in [0.25, 0.3) is 11.2 Å². The van der Waals surface area contributed by atoms with E-state index in [0.717, 1.165) is 48.2 Å². The number of nitrogen functional groups attached to an aromatic ring is 1. The number of hydrogen-bond donors (Lipinski definition) is 10. The average molecular weight is 1300 g/mol. The third-order valence-corrected chi connectivity index (χ3v) is 19.3. The lowest BCUT2D eigenvalue weighted by Gasteiger charge is -2.30. The monoisotopic (exact) mass is 1300 g/mol. The highest BCUT2D eigenvalue weighted by molar-refractivity contribution is 8.13. The molecule has 0 radical (unpaired) electrons. The molecular weight excluding hydrogens is 1200 g/mol. The molecule has 11 N–H and O–H groups in total. The molecule has 2 aromatic rings. The first-order chi connectivity index (χ1) is 40.9. The van der Waals surface area contributed by atoms with Gasteiger partial charge >= 0.3 is 23.5 Å². The van der Waals surface area contributed by atoms with Crippen molar-refractivity contribution in [2.75, 3.05) is 37.8 Å². The number of nitrogens with two attached hydrogens (primary N) is 1. The molecular formula is C57H106N7O18P3S. The van der Waals surface area contributed by atoms with Crippen LogP contribution in [-0.4, -0.2) is 134 Å². The van der Waals surface area contributed by atoms with Crippen LogP contribution < -0.4 is 16.4 Å². The molecule has 25 nitrogen and oxygen atoms in total. The Labute approximate surface area is 514 Å². The molecule has 0 bridgehead atoms. The summed E-state index contributed by atoms with van der Waals surface area (Å²) < 4.78 is 62.7. The van der Waals surface area contributed by atoms with Crippen molar-refractivity contribution in [2.45, 2.75) is 276 Å². The molecule has 0 saturated carbocycles. The van der Waals surface area contributed by atoms with Gasteiger partial charge in [0.1, 0.15) is 36.3 Å². The van der Waals surface area contributed by atoms with Crippen LogP contribution in [0.4, 0.5) is 5.82 Å². The Morgan fingerprint density at radius 3 is 1.66 bits per heavy atom. The summed E-state index contributed by atoms with van der Waals surface area (Å²) in [6.45, 7) is 2.71. The minimum atomic E-state index is -5.59. The number of ether oxygens (including phenoxy) is 1. The number of carbonyl (C=O) groups excluding carboxylic acids is 3. The Morgan fingerprint density at radius 1 is 0.698 bits per heavy atom. The predicted octanol–water partition coefficient (Wildman–Crippen LogP) is 10.9. The summed E-state index contributed by atoms with van der Waals surface area (Å²) in [5, 5.41) is 36.9. The maximum absolute atomic E-state index is 12.8. The van der Waals surface area contributed by atoms with Gasteiger partial charge in [-0.05, 0) is 6.42 Å². The molecule has 1 saturated heterocycles. The summed E-state index contributed by atoms with van der Waals surface area (Å²) in [4.78, 5) is 88.9. The van der Waals surface area contributed by atoms with Crippen LogP contribution in [0.1, 0.15) is 245 Å². The highest BCUT2D eigenvalue weighted by Crippen LogP contribution is 2.61. The minimum Gasteiger partial charge on any atom is -0.393 e. The van der Waals surface area contributed by atoms with Gasteiger partial charge in [-0.1, -0.05) is 232 Å². The van der Waals surface area contributed by atoms with Crippen molar-refractivity contribution in [2.24, 2.45) is 5.41 Å². The first-order valence-corrected chi connectivity index (χ1v) is 37.2. The van der Waals surface area contributed by atoms with E-state index in [1.165, 1.54) is 194 Å². The molecule has 0 aliphatic carbocycles. The van der Waals surface area contributed by atoms with Crippen LogP contribution in [0.2, 0.25) is 0 Å². The molecule has 3 heterocycles. The number of aromatic nitrogens is 4. The Balaban J connectivity index is 1.13. The third-order valence-electron chi connectivity index (χ3n) is 15.3. The molecule has 1 aliphatic heterocycles. The first-order valence-electron chi connectivity index (χ1n) is 31.7. The van der Waals surface area contributed by atoms with Crippen LogP contribution in [0, 0.1) is 5.41 Å². The number of hydrogen-bond acceptors (Lipinski definition) is 19. The van der Waals surface area contributed by atoms with Crippen molar-refractivity contribution < 1.29 is 85.6 Å². The van der Waals surface area contributed by atoms with Gasteiger partial charge in [0.25, 0.3) is 0 Å². The van der Waals surface area contributed by atoms with Crippen molar-refractivity contribution in [3.05, 3.63) is 12.7 Å². The van der Waals surface area contributed by atoms with Gasteiger partial charge in [0.15, 0.2) is 22.8 Å². The van der Waals surface area contributed by atoms with Crippen molar-refractivity contribution in [3.8, 4) is 0 Å². The van der Waals surface area contributed by atoms with Gasteiger partial charge in [0.2, 0.25) is 11.8 Å². The van der Waals surface area contributed by atoms with Gasteiger partial charge in [-0.25, -0.2) is 28.6 Å². The van der Waals surface area contributed by atoms with Crippen LogP contribution in [0.5, 0.6) is 0 Å². The number of aliphatic hydroxyl groups excluding tert-OH is 3. The summed E-state index contributed by atoms with van der Waals surface area (Å²) in [5.74, 6) is -1.21. The van der Waals surface area contributed by atoms with Crippen molar-refractivity contribution in [1.82, 2.24) is 30.2 Å². The van der Waals surface area contributed by atoms with Crippen molar-refractivity contribution in [3.63, 3.8) is 0 Å². The number of carbonyl (C=O) groups is 3. The molecule has 0 aromatic carbocycles. The maximum atomic E-state index is 12.8. The maximum Gasteiger partial charge on any atom is 0.481 e. The summed E-state index contributed by atoms with van der Waals surface area (Å²) >= 11 is 1.01. The molecule has 2 amide bonds. The van der Waals surface area contributed by atoms with E-state index in [4.69, 9.17) is 19.5 Å². The van der Waals surface area contributed by atoms with E-state index in [-0.39, 0.29) is 53.8 Å². The molecule has 29 heteroatoms. The molecule has 0 spiro atoms. The van der Waals surface area contributed by atoms with E-state index in [2.05, 4.69) is 41.3 Å². The average Bonchev–Trinajstić information content (AvgIpc) is 1.67. The van der Waals surface area contributed by atoms with E-state index >= 15 is 0 Å². The quantitative estimate of drug-likeness (QED) is 0.0217. The fourth-order valence-corrected chi connectivity index (χ4v) is 13.8. The molecule has 8 atom stereocenters. The molecule has 2 aromatic heterocycles. The molecule has 498 valence electrons. The standard InChI is InChI=1S/C57H106N7O18P3S/c1-4-5-6-7-8-9-10-11-12-13-14-15-16-17-18-19-20-21-22-23-24-25-26-27-28-29-30-31-32-33-34-35-45(65)40-48(67)86-39-38-59-47(66)36-37-60-55(70)52(69)57(2,3)42-79-85(76,77)82-84(74,75)78-41-46-51(81-83(71,72)73)50(68)56(80-46)64-44-63-49-53(58)61-43-62-54(49)64/h43-46,50-52,56,65,68-69H,4-42H2,1-3H3,(H,59,66)(H,60,70)(H,74,75)(H,76,77)(H2,58,61,62)(H2,71,72,73)/t45-,46-,50-,51-,52+,56-/m1/s1. The Morgan fingerprint density at radius 2 is 1.17 bits per heavy atom. The van der Waals surface area contributed by atoms with Crippen LogP contribution in [0.15, 0.2) is 12.7 Å². The Hall–Kier alpha value is -2.48. The fourth-order valence-electron chi connectivity index (χ4n) is 10.2.